The normalized spacial score (nSPS) is 12.5. The van der Waals surface area contributed by atoms with Crippen LogP contribution in [-0.2, 0) is 20.9 Å². The van der Waals surface area contributed by atoms with Crippen LogP contribution < -0.4 is 5.32 Å². The summed E-state index contributed by atoms with van der Waals surface area (Å²) in [7, 11) is 0. The van der Waals surface area contributed by atoms with Crippen molar-refractivity contribution >= 4 is 22.9 Å². The Kier molecular flexibility index (Phi) is 5.86. The number of carbonyl (C=O) groups is 2. The maximum Gasteiger partial charge on any atom is 0.305 e. The number of H-pyrrole nitrogens is 1. The number of carboxylic acids is 1. The van der Waals surface area contributed by atoms with Gasteiger partial charge < -0.3 is 20.1 Å². The predicted molar refractivity (Wildman–Crippen MR) is 84.7 cm³/mol. The van der Waals surface area contributed by atoms with Crippen molar-refractivity contribution < 1.29 is 23.8 Å². The molecule has 1 heterocycles. The third-order valence-corrected chi connectivity index (χ3v) is 3.51. The summed E-state index contributed by atoms with van der Waals surface area (Å²) in [5.41, 5.74) is 1.17. The second-order valence-corrected chi connectivity index (χ2v) is 5.85. The molecule has 1 atom stereocenters. The van der Waals surface area contributed by atoms with Gasteiger partial charge >= 0.3 is 5.97 Å². The van der Waals surface area contributed by atoms with Gasteiger partial charge in [-0.05, 0) is 24.1 Å². The molecule has 8 heteroatoms. The van der Waals surface area contributed by atoms with Crippen LogP contribution in [0.1, 0.15) is 26.1 Å². The molecule has 130 valence electrons. The van der Waals surface area contributed by atoms with Crippen molar-refractivity contribution in [2.75, 3.05) is 6.61 Å². The van der Waals surface area contributed by atoms with E-state index < -0.39 is 17.9 Å². The summed E-state index contributed by atoms with van der Waals surface area (Å²) >= 11 is 0. The minimum atomic E-state index is -0.968. The van der Waals surface area contributed by atoms with E-state index in [1.807, 2.05) is 13.8 Å². The van der Waals surface area contributed by atoms with E-state index in [9.17, 15) is 14.0 Å². The highest BCUT2D eigenvalue weighted by atomic mass is 19.1. The number of carbonyl (C=O) groups excluding carboxylic acids is 1. The van der Waals surface area contributed by atoms with E-state index in [4.69, 9.17) is 9.84 Å². The molecule has 0 radical (unpaired) electrons. The largest absolute Gasteiger partial charge is 0.481 e. The smallest absolute Gasteiger partial charge is 0.305 e. The molecule has 0 unspecified atom stereocenters. The molecule has 7 nitrogen and oxygen atoms in total. The van der Waals surface area contributed by atoms with Crippen LogP contribution in [0.2, 0.25) is 0 Å². The maximum absolute atomic E-state index is 13.1. The Bertz CT molecular complexity index is 729. The molecule has 1 amide bonds. The predicted octanol–water partition coefficient (Wildman–Crippen LogP) is 1.83. The summed E-state index contributed by atoms with van der Waals surface area (Å²) in [6.07, 6.45) is -0.140. The summed E-state index contributed by atoms with van der Waals surface area (Å²) in [6, 6.07) is 3.75. The Morgan fingerprint density at radius 1 is 1.42 bits per heavy atom. The topological polar surface area (TPSA) is 104 Å². The molecule has 0 spiro atoms. The summed E-state index contributed by atoms with van der Waals surface area (Å²) < 4.78 is 18.4. The number of hydrogen-bond acceptors (Lipinski definition) is 4. The Balaban J connectivity index is 1.83. The first-order chi connectivity index (χ1) is 11.3. The first kappa shape index (κ1) is 17.9. The molecule has 0 aliphatic heterocycles. The molecular formula is C16H20FN3O4. The number of carboxylic acid groups (broad SMARTS) is 1. The molecule has 2 rings (SSSR count). The molecule has 1 aromatic carbocycles. The lowest BCUT2D eigenvalue weighted by Gasteiger charge is -2.20. The van der Waals surface area contributed by atoms with Crippen molar-refractivity contribution in [3.8, 4) is 0 Å². The second-order valence-electron chi connectivity index (χ2n) is 5.85. The Hall–Kier alpha value is -2.48. The number of ether oxygens (including phenoxy) is 1. The third kappa shape index (κ3) is 5.02. The van der Waals surface area contributed by atoms with E-state index in [0.717, 1.165) is 0 Å². The van der Waals surface area contributed by atoms with Crippen molar-refractivity contribution in [1.29, 1.82) is 0 Å². The van der Waals surface area contributed by atoms with Crippen molar-refractivity contribution in [2.24, 2.45) is 5.92 Å². The quantitative estimate of drug-likeness (QED) is 0.682. The standard InChI is InChI=1S/C16H20FN3O4/c1-9(2)12(6-16(22)23)20-15(21)8-24-7-14-18-11-4-3-10(17)5-13(11)19-14/h3-5,9,12H,6-8H2,1-2H3,(H,18,19)(H,20,21)(H,22,23)/t12-/m1/s1. The average Bonchev–Trinajstić information content (AvgIpc) is 2.87. The molecule has 3 N–H and O–H groups in total. The zero-order valence-corrected chi connectivity index (χ0v) is 13.5. The summed E-state index contributed by atoms with van der Waals surface area (Å²) in [4.78, 5) is 29.8. The number of aromatic amines is 1. The lowest BCUT2D eigenvalue weighted by Crippen LogP contribution is -2.41. The molecular weight excluding hydrogens is 317 g/mol. The molecule has 2 aromatic rings. The SMILES string of the molecule is CC(C)[C@@H](CC(=O)O)NC(=O)COCc1nc2ccc(F)cc2[nH]1. The van der Waals surface area contributed by atoms with Crippen molar-refractivity contribution in [2.45, 2.75) is 32.9 Å². The third-order valence-electron chi connectivity index (χ3n) is 3.51. The van der Waals surface area contributed by atoms with E-state index in [1.54, 1.807) is 6.07 Å². The van der Waals surface area contributed by atoms with E-state index in [2.05, 4.69) is 15.3 Å². The van der Waals surface area contributed by atoms with E-state index in [-0.39, 0.29) is 31.4 Å². The van der Waals surface area contributed by atoms with E-state index in [0.29, 0.717) is 16.9 Å². The van der Waals surface area contributed by atoms with Gasteiger partial charge in [0.1, 0.15) is 24.9 Å². The lowest BCUT2D eigenvalue weighted by molar-refractivity contribution is -0.138. The maximum atomic E-state index is 13.1. The highest BCUT2D eigenvalue weighted by Gasteiger charge is 2.19. The van der Waals surface area contributed by atoms with Crippen LogP contribution in [-0.4, -0.2) is 39.6 Å². The minimum absolute atomic E-state index is 0.00433. The summed E-state index contributed by atoms with van der Waals surface area (Å²) in [5, 5.41) is 11.5. The van der Waals surface area contributed by atoms with Gasteiger partial charge in [-0.15, -0.1) is 0 Å². The van der Waals surface area contributed by atoms with Gasteiger partial charge in [0.15, 0.2) is 0 Å². The Morgan fingerprint density at radius 2 is 2.17 bits per heavy atom. The van der Waals surface area contributed by atoms with Gasteiger partial charge in [0.25, 0.3) is 0 Å². The van der Waals surface area contributed by atoms with Crippen LogP contribution in [0.5, 0.6) is 0 Å². The fraction of sp³-hybridized carbons (Fsp3) is 0.438. The monoisotopic (exact) mass is 337 g/mol. The molecule has 0 saturated heterocycles. The molecule has 0 saturated carbocycles. The molecule has 0 aliphatic carbocycles. The van der Waals surface area contributed by atoms with Crippen molar-refractivity contribution in [1.82, 2.24) is 15.3 Å². The molecule has 0 bridgehead atoms. The number of halogens is 1. The van der Waals surface area contributed by atoms with Gasteiger partial charge in [-0.2, -0.15) is 0 Å². The number of nitrogens with one attached hydrogen (secondary N) is 2. The van der Waals surface area contributed by atoms with Gasteiger partial charge in [-0.3, -0.25) is 9.59 Å². The number of imidazole rings is 1. The van der Waals surface area contributed by atoms with Gasteiger partial charge in [0.05, 0.1) is 17.5 Å². The first-order valence-electron chi connectivity index (χ1n) is 7.58. The first-order valence-corrected chi connectivity index (χ1v) is 7.58. The number of aromatic nitrogens is 2. The van der Waals surface area contributed by atoms with Crippen LogP contribution >= 0.6 is 0 Å². The molecule has 1 aromatic heterocycles. The number of fused-ring (bicyclic) bond motifs is 1. The number of benzene rings is 1. The number of hydrogen-bond donors (Lipinski definition) is 3. The minimum Gasteiger partial charge on any atom is -0.481 e. The molecule has 24 heavy (non-hydrogen) atoms. The highest BCUT2D eigenvalue weighted by molar-refractivity contribution is 5.78. The number of rotatable bonds is 8. The lowest BCUT2D eigenvalue weighted by atomic mass is 10.0. The number of aliphatic carboxylic acids is 1. The van der Waals surface area contributed by atoms with Crippen LogP contribution in [0.25, 0.3) is 11.0 Å². The Labute approximate surface area is 138 Å². The van der Waals surface area contributed by atoms with Crippen LogP contribution in [0.15, 0.2) is 18.2 Å². The van der Waals surface area contributed by atoms with Gasteiger partial charge in [-0.1, -0.05) is 13.8 Å². The van der Waals surface area contributed by atoms with Gasteiger partial charge in [0.2, 0.25) is 5.91 Å². The number of nitrogens with zero attached hydrogens (tertiary/aromatic N) is 1. The highest BCUT2D eigenvalue weighted by Crippen LogP contribution is 2.13. The fourth-order valence-electron chi connectivity index (χ4n) is 2.23. The molecule has 0 fully saturated rings. The molecule has 0 aliphatic rings. The van der Waals surface area contributed by atoms with E-state index >= 15 is 0 Å². The van der Waals surface area contributed by atoms with Crippen molar-refractivity contribution in [3.05, 3.63) is 29.8 Å². The second kappa shape index (κ2) is 7.87. The zero-order chi connectivity index (χ0) is 17.7. The van der Waals surface area contributed by atoms with Crippen LogP contribution in [0.3, 0.4) is 0 Å². The Morgan fingerprint density at radius 3 is 2.83 bits per heavy atom. The summed E-state index contributed by atoms with van der Waals surface area (Å²) in [5.74, 6) is -1.25. The van der Waals surface area contributed by atoms with Crippen LogP contribution in [0.4, 0.5) is 4.39 Å². The number of amides is 1. The zero-order valence-electron chi connectivity index (χ0n) is 13.5. The van der Waals surface area contributed by atoms with Crippen molar-refractivity contribution in [3.63, 3.8) is 0 Å². The summed E-state index contributed by atoms with van der Waals surface area (Å²) in [6.45, 7) is 3.52. The average molecular weight is 337 g/mol. The fourth-order valence-corrected chi connectivity index (χ4v) is 2.23. The van der Waals surface area contributed by atoms with E-state index in [1.165, 1.54) is 12.1 Å². The van der Waals surface area contributed by atoms with Gasteiger partial charge in [-0.25, -0.2) is 9.37 Å². The van der Waals surface area contributed by atoms with Crippen LogP contribution in [0, 0.1) is 11.7 Å². The van der Waals surface area contributed by atoms with Gasteiger partial charge in [0, 0.05) is 6.04 Å².